The fraction of sp³-hybridized carbons (Fsp3) is 0.250. The highest BCUT2D eigenvalue weighted by atomic mass is 16.3. The van der Waals surface area contributed by atoms with Crippen LogP contribution in [-0.4, -0.2) is 38.8 Å². The van der Waals surface area contributed by atoms with Crippen molar-refractivity contribution in [2.24, 2.45) is 34.6 Å². The number of azo groups is 2. The first-order chi connectivity index (χ1) is 12.5. The summed E-state index contributed by atoms with van der Waals surface area (Å²) in [6, 6.07) is 6.92. The van der Waals surface area contributed by atoms with E-state index in [9.17, 15) is 5.11 Å². The number of hydrogen-bond donors (Lipinski definition) is 1. The van der Waals surface area contributed by atoms with Crippen molar-refractivity contribution < 1.29 is 5.11 Å². The smallest absolute Gasteiger partial charge is 0.173 e. The molecule has 10 nitrogen and oxygen atoms in total. The molecule has 0 saturated carbocycles. The van der Waals surface area contributed by atoms with Gasteiger partial charge in [0.2, 0.25) is 0 Å². The highest BCUT2D eigenvalue weighted by molar-refractivity contribution is 5.79. The number of phenolic OH excluding ortho intramolecular Hbond substituents is 1. The minimum absolute atomic E-state index is 0.104. The maximum atomic E-state index is 10.6. The van der Waals surface area contributed by atoms with Crippen LogP contribution < -0.4 is 4.90 Å². The lowest BCUT2D eigenvalue weighted by molar-refractivity contribution is 0.477. The lowest BCUT2D eigenvalue weighted by atomic mass is 10.2. The second-order valence-electron chi connectivity index (χ2n) is 5.72. The fourth-order valence-corrected chi connectivity index (χ4v) is 2.23. The quantitative estimate of drug-likeness (QED) is 0.704. The van der Waals surface area contributed by atoms with Crippen LogP contribution in [0.5, 0.6) is 5.75 Å². The summed E-state index contributed by atoms with van der Waals surface area (Å²) < 4.78 is 3.17. The Morgan fingerprint density at radius 1 is 0.846 bits per heavy atom. The molecular formula is C16H19N9O. The number of aryl methyl sites for hydroxylation is 2. The van der Waals surface area contributed by atoms with E-state index >= 15 is 0 Å². The van der Waals surface area contributed by atoms with Crippen molar-refractivity contribution >= 4 is 28.7 Å². The van der Waals surface area contributed by atoms with Crippen molar-refractivity contribution in [1.82, 2.24) is 19.6 Å². The average molecular weight is 353 g/mol. The number of rotatable bonds is 5. The first kappa shape index (κ1) is 17.3. The molecule has 0 unspecified atom stereocenters. The molecule has 0 aliphatic carbocycles. The Kier molecular flexibility index (Phi) is 4.74. The maximum Gasteiger partial charge on any atom is 0.173 e. The number of hydrogen-bond acceptors (Lipinski definition) is 8. The Bertz CT molecular complexity index is 968. The van der Waals surface area contributed by atoms with Crippen LogP contribution in [-0.2, 0) is 14.1 Å². The maximum absolute atomic E-state index is 10.6. The molecule has 1 N–H and O–H groups in total. The van der Waals surface area contributed by atoms with E-state index in [0.717, 1.165) is 0 Å². The summed E-state index contributed by atoms with van der Waals surface area (Å²) in [5, 5.41) is 35.3. The van der Waals surface area contributed by atoms with Crippen molar-refractivity contribution in [3.05, 3.63) is 36.7 Å². The van der Waals surface area contributed by atoms with Gasteiger partial charge >= 0.3 is 0 Å². The van der Waals surface area contributed by atoms with Gasteiger partial charge in [0.25, 0.3) is 0 Å². The summed E-state index contributed by atoms with van der Waals surface area (Å²) in [5.41, 5.74) is 1.29. The topological polar surface area (TPSA) is 109 Å². The van der Waals surface area contributed by atoms with Crippen LogP contribution in [0.4, 0.5) is 28.7 Å². The van der Waals surface area contributed by atoms with Gasteiger partial charge in [-0.05, 0) is 12.1 Å². The van der Waals surface area contributed by atoms with Gasteiger partial charge in [0, 0.05) is 40.3 Å². The Morgan fingerprint density at radius 3 is 1.92 bits per heavy atom. The molecule has 0 atom stereocenters. The van der Waals surface area contributed by atoms with Crippen molar-refractivity contribution in [2.45, 2.75) is 0 Å². The Morgan fingerprint density at radius 2 is 1.42 bits per heavy atom. The number of nitrogens with zero attached hydrogens (tertiary/aromatic N) is 9. The van der Waals surface area contributed by atoms with Crippen LogP contribution >= 0.6 is 0 Å². The summed E-state index contributed by atoms with van der Waals surface area (Å²) in [7, 11) is 7.24. The second-order valence-corrected chi connectivity index (χ2v) is 5.72. The third-order valence-corrected chi connectivity index (χ3v) is 3.69. The zero-order chi connectivity index (χ0) is 18.7. The standard InChI is InChI=1S/C16H19N9O/c1-23(2)12-6-5-11(19-20-13-7-9-17-24(13)3)16(26)15(12)22-21-14-8-10-18-25(14)4/h5-10,26H,1-4H3/b20-19+,22-21+. The van der Waals surface area contributed by atoms with Crippen LogP contribution in [0.15, 0.2) is 57.1 Å². The molecule has 0 saturated heterocycles. The van der Waals surface area contributed by atoms with Crippen LogP contribution in [0, 0.1) is 0 Å². The van der Waals surface area contributed by atoms with Gasteiger partial charge in [0.15, 0.2) is 23.1 Å². The predicted molar refractivity (Wildman–Crippen MR) is 97.2 cm³/mol. The monoisotopic (exact) mass is 353 g/mol. The second kappa shape index (κ2) is 7.13. The summed E-state index contributed by atoms with van der Waals surface area (Å²) in [6.07, 6.45) is 3.25. The molecule has 3 aromatic rings. The first-order valence-corrected chi connectivity index (χ1v) is 7.80. The fourth-order valence-electron chi connectivity index (χ4n) is 2.23. The zero-order valence-corrected chi connectivity index (χ0v) is 14.9. The normalized spacial score (nSPS) is 11.7. The third kappa shape index (κ3) is 3.43. The minimum Gasteiger partial charge on any atom is -0.504 e. The largest absolute Gasteiger partial charge is 0.504 e. The Hall–Kier alpha value is -3.56. The van der Waals surface area contributed by atoms with Gasteiger partial charge in [-0.15, -0.1) is 20.5 Å². The Balaban J connectivity index is 2.01. The SMILES string of the molecule is CN(C)c1ccc(/N=N/c2ccnn2C)c(O)c1/N=N/c1ccnn1C. The highest BCUT2D eigenvalue weighted by Gasteiger charge is 2.14. The summed E-state index contributed by atoms with van der Waals surface area (Å²) >= 11 is 0. The van der Waals surface area contributed by atoms with Gasteiger partial charge < -0.3 is 10.0 Å². The minimum atomic E-state index is -0.104. The van der Waals surface area contributed by atoms with Crippen LogP contribution in [0.25, 0.3) is 0 Å². The van der Waals surface area contributed by atoms with Crippen molar-refractivity contribution in [1.29, 1.82) is 0 Å². The van der Waals surface area contributed by atoms with Crippen LogP contribution in [0.1, 0.15) is 0 Å². The van der Waals surface area contributed by atoms with E-state index in [-0.39, 0.29) is 11.4 Å². The predicted octanol–water partition coefficient (Wildman–Crippen LogP) is 3.76. The van der Waals surface area contributed by atoms with Gasteiger partial charge in [-0.3, -0.25) is 0 Å². The van der Waals surface area contributed by atoms with Gasteiger partial charge in [-0.25, -0.2) is 9.36 Å². The van der Waals surface area contributed by atoms with Crippen LogP contribution in [0.3, 0.4) is 0 Å². The number of benzene rings is 1. The zero-order valence-electron chi connectivity index (χ0n) is 14.9. The van der Waals surface area contributed by atoms with Gasteiger partial charge in [0.05, 0.1) is 18.1 Å². The molecule has 1 aromatic carbocycles. The van der Waals surface area contributed by atoms with E-state index in [1.54, 1.807) is 60.1 Å². The molecule has 2 heterocycles. The molecule has 134 valence electrons. The molecule has 26 heavy (non-hydrogen) atoms. The van der Waals surface area contributed by atoms with E-state index in [1.807, 2.05) is 19.0 Å². The number of aromatic nitrogens is 4. The van der Waals surface area contributed by atoms with Gasteiger partial charge in [-0.2, -0.15) is 10.2 Å². The third-order valence-electron chi connectivity index (χ3n) is 3.69. The first-order valence-electron chi connectivity index (χ1n) is 7.80. The highest BCUT2D eigenvalue weighted by Crippen LogP contribution is 2.44. The summed E-state index contributed by atoms with van der Waals surface area (Å²) in [4.78, 5) is 1.83. The molecule has 0 aliphatic rings. The van der Waals surface area contributed by atoms with E-state index in [2.05, 4.69) is 30.7 Å². The van der Waals surface area contributed by atoms with Crippen molar-refractivity contribution in [3.63, 3.8) is 0 Å². The lowest BCUT2D eigenvalue weighted by Gasteiger charge is -2.16. The molecule has 2 aromatic heterocycles. The van der Waals surface area contributed by atoms with Crippen molar-refractivity contribution in [2.75, 3.05) is 19.0 Å². The van der Waals surface area contributed by atoms with E-state index in [1.165, 1.54) is 0 Å². The molecule has 0 aliphatic heterocycles. The molecular weight excluding hydrogens is 334 g/mol. The number of anilines is 1. The van der Waals surface area contributed by atoms with E-state index in [4.69, 9.17) is 0 Å². The Labute approximate surface area is 150 Å². The lowest BCUT2D eigenvalue weighted by Crippen LogP contribution is -2.08. The molecule has 0 spiro atoms. The number of aromatic hydroxyl groups is 1. The van der Waals surface area contributed by atoms with E-state index in [0.29, 0.717) is 23.0 Å². The molecule has 0 amide bonds. The molecule has 3 rings (SSSR count). The summed E-state index contributed by atoms with van der Waals surface area (Å²) in [5.74, 6) is 1.03. The summed E-state index contributed by atoms with van der Waals surface area (Å²) in [6.45, 7) is 0. The molecule has 0 fully saturated rings. The average Bonchev–Trinajstić information content (AvgIpc) is 3.20. The number of phenols is 1. The molecule has 10 heteroatoms. The van der Waals surface area contributed by atoms with E-state index < -0.39 is 0 Å². The molecule has 0 radical (unpaired) electrons. The molecule has 0 bridgehead atoms. The van der Waals surface area contributed by atoms with Crippen LogP contribution in [0.2, 0.25) is 0 Å². The van der Waals surface area contributed by atoms with Gasteiger partial charge in [0.1, 0.15) is 5.69 Å². The van der Waals surface area contributed by atoms with Crippen molar-refractivity contribution in [3.8, 4) is 5.75 Å². The van der Waals surface area contributed by atoms with Gasteiger partial charge in [-0.1, -0.05) is 0 Å².